The minimum Gasteiger partial charge on any atom is -0.342 e. The largest absolute Gasteiger partial charge is 0.342 e. The molecule has 1 saturated heterocycles. The molecule has 2 fully saturated rings. The van der Waals surface area contributed by atoms with Crippen LogP contribution in [0.2, 0.25) is 0 Å². The van der Waals surface area contributed by atoms with Crippen molar-refractivity contribution in [3.8, 4) is 0 Å². The molecule has 1 amide bonds. The topological polar surface area (TPSA) is 46.3 Å². The molecule has 2 N–H and O–H groups in total. The van der Waals surface area contributed by atoms with Crippen molar-refractivity contribution in [3.05, 3.63) is 0 Å². The third kappa shape index (κ3) is 2.87. The van der Waals surface area contributed by atoms with Gasteiger partial charge >= 0.3 is 0 Å². The summed E-state index contributed by atoms with van der Waals surface area (Å²) < 4.78 is 0. The minimum absolute atomic E-state index is 0.163. The molecule has 2 aliphatic rings. The molecule has 1 aliphatic heterocycles. The Hall–Kier alpha value is -0.570. The second-order valence-electron chi connectivity index (χ2n) is 6.65. The Bertz CT molecular complexity index is 297. The first-order chi connectivity index (χ1) is 8.58. The number of amides is 1. The van der Waals surface area contributed by atoms with E-state index in [1.807, 2.05) is 0 Å². The van der Waals surface area contributed by atoms with Crippen molar-refractivity contribution in [2.24, 2.45) is 23.0 Å². The Kier molecular flexibility index (Phi) is 4.31. The van der Waals surface area contributed by atoms with Crippen molar-refractivity contribution in [3.63, 3.8) is 0 Å². The Balaban J connectivity index is 1.86. The highest BCUT2D eigenvalue weighted by atomic mass is 16.2. The monoisotopic (exact) mass is 252 g/mol. The van der Waals surface area contributed by atoms with Crippen molar-refractivity contribution in [2.45, 2.75) is 52.4 Å². The summed E-state index contributed by atoms with van der Waals surface area (Å²) in [6, 6.07) is 0. The lowest BCUT2D eigenvalue weighted by molar-refractivity contribution is -0.136. The summed E-state index contributed by atoms with van der Waals surface area (Å²) >= 11 is 0. The van der Waals surface area contributed by atoms with E-state index in [2.05, 4.69) is 18.7 Å². The van der Waals surface area contributed by atoms with Crippen molar-refractivity contribution in [1.82, 2.24) is 4.90 Å². The normalized spacial score (nSPS) is 36.9. The van der Waals surface area contributed by atoms with Crippen molar-refractivity contribution in [1.29, 1.82) is 0 Å². The zero-order valence-electron chi connectivity index (χ0n) is 12.0. The van der Waals surface area contributed by atoms with Gasteiger partial charge in [0, 0.05) is 19.0 Å². The Labute approximate surface area is 111 Å². The van der Waals surface area contributed by atoms with Crippen molar-refractivity contribution >= 4 is 5.91 Å². The van der Waals surface area contributed by atoms with Crippen molar-refractivity contribution in [2.75, 3.05) is 19.6 Å². The fourth-order valence-electron chi connectivity index (χ4n) is 3.45. The predicted octanol–water partition coefficient (Wildman–Crippen LogP) is 2.40. The van der Waals surface area contributed by atoms with Crippen molar-refractivity contribution < 1.29 is 4.79 Å². The first kappa shape index (κ1) is 13.9. The molecule has 1 aliphatic carbocycles. The van der Waals surface area contributed by atoms with Gasteiger partial charge in [-0.15, -0.1) is 0 Å². The number of carbonyl (C=O) groups is 1. The summed E-state index contributed by atoms with van der Waals surface area (Å²) in [6.07, 6.45) is 7.04. The van der Waals surface area contributed by atoms with E-state index in [9.17, 15) is 4.79 Å². The van der Waals surface area contributed by atoms with Crippen LogP contribution < -0.4 is 5.73 Å². The van der Waals surface area contributed by atoms with Gasteiger partial charge in [0.2, 0.25) is 5.91 Å². The molecule has 1 saturated carbocycles. The fraction of sp³-hybridized carbons (Fsp3) is 0.933. The van der Waals surface area contributed by atoms with Crippen LogP contribution in [0.4, 0.5) is 0 Å². The van der Waals surface area contributed by atoms with E-state index in [0.717, 1.165) is 38.3 Å². The number of rotatable bonds is 3. The molecule has 3 heteroatoms. The van der Waals surface area contributed by atoms with Gasteiger partial charge in [-0.2, -0.15) is 0 Å². The third-order valence-corrected chi connectivity index (χ3v) is 5.14. The molecule has 0 bridgehead atoms. The van der Waals surface area contributed by atoms with Gasteiger partial charge in [0.1, 0.15) is 0 Å². The van der Waals surface area contributed by atoms with Crippen LogP contribution in [0.5, 0.6) is 0 Å². The van der Waals surface area contributed by atoms with E-state index in [1.165, 1.54) is 19.3 Å². The predicted molar refractivity (Wildman–Crippen MR) is 74.1 cm³/mol. The summed E-state index contributed by atoms with van der Waals surface area (Å²) in [7, 11) is 0. The molecule has 0 radical (unpaired) electrons. The maximum absolute atomic E-state index is 12.5. The molecular weight excluding hydrogens is 224 g/mol. The summed E-state index contributed by atoms with van der Waals surface area (Å²) in [5.74, 6) is 1.57. The summed E-state index contributed by atoms with van der Waals surface area (Å²) in [4.78, 5) is 14.6. The molecular formula is C15H28N2O. The highest BCUT2D eigenvalue weighted by molar-refractivity contribution is 5.79. The molecule has 0 aromatic heterocycles. The summed E-state index contributed by atoms with van der Waals surface area (Å²) in [5.41, 5.74) is 5.97. The zero-order chi connectivity index (χ0) is 13.2. The SMILES string of the molecule is CCC1CCC(C(=O)N2CCC(C)(CN)C2)CC1. The van der Waals surface area contributed by atoms with Gasteiger partial charge in [-0.05, 0) is 50.0 Å². The number of hydrogen-bond donors (Lipinski definition) is 1. The van der Waals surface area contributed by atoms with E-state index < -0.39 is 0 Å². The lowest BCUT2D eigenvalue weighted by Gasteiger charge is -2.31. The Morgan fingerprint density at radius 1 is 1.33 bits per heavy atom. The summed E-state index contributed by atoms with van der Waals surface area (Å²) in [6.45, 7) is 6.95. The van der Waals surface area contributed by atoms with Gasteiger partial charge in [-0.1, -0.05) is 20.3 Å². The Morgan fingerprint density at radius 2 is 2.00 bits per heavy atom. The molecule has 2 rings (SSSR count). The Morgan fingerprint density at radius 3 is 2.50 bits per heavy atom. The highest BCUT2D eigenvalue weighted by Gasteiger charge is 2.37. The first-order valence-corrected chi connectivity index (χ1v) is 7.57. The highest BCUT2D eigenvalue weighted by Crippen LogP contribution is 2.35. The van der Waals surface area contributed by atoms with Crippen LogP contribution in [0.15, 0.2) is 0 Å². The van der Waals surface area contributed by atoms with Gasteiger partial charge < -0.3 is 10.6 Å². The van der Waals surface area contributed by atoms with E-state index in [-0.39, 0.29) is 5.41 Å². The average Bonchev–Trinajstić information content (AvgIpc) is 2.81. The first-order valence-electron chi connectivity index (χ1n) is 7.57. The molecule has 104 valence electrons. The van der Waals surface area contributed by atoms with Gasteiger partial charge in [-0.3, -0.25) is 4.79 Å². The van der Waals surface area contributed by atoms with Crippen LogP contribution in [-0.4, -0.2) is 30.4 Å². The van der Waals surface area contributed by atoms with E-state index in [0.29, 0.717) is 18.4 Å². The molecule has 3 nitrogen and oxygen atoms in total. The maximum atomic E-state index is 12.5. The van der Waals surface area contributed by atoms with E-state index in [4.69, 9.17) is 5.73 Å². The quantitative estimate of drug-likeness (QED) is 0.838. The average molecular weight is 252 g/mol. The lowest BCUT2D eigenvalue weighted by atomic mass is 9.80. The standard InChI is InChI=1S/C15H28N2O/c1-3-12-4-6-13(7-5-12)14(18)17-9-8-15(2,10-16)11-17/h12-13H,3-11,16H2,1-2H3. The molecule has 18 heavy (non-hydrogen) atoms. The van der Waals surface area contributed by atoms with Crippen LogP contribution >= 0.6 is 0 Å². The molecule has 1 heterocycles. The summed E-state index contributed by atoms with van der Waals surface area (Å²) in [5, 5.41) is 0. The molecule has 0 spiro atoms. The van der Waals surface area contributed by atoms with Gasteiger partial charge in [-0.25, -0.2) is 0 Å². The number of likely N-dealkylation sites (tertiary alicyclic amines) is 1. The number of carbonyl (C=O) groups excluding carboxylic acids is 1. The zero-order valence-corrected chi connectivity index (χ0v) is 12.0. The maximum Gasteiger partial charge on any atom is 0.225 e. The van der Waals surface area contributed by atoms with Crippen LogP contribution in [0.25, 0.3) is 0 Å². The number of nitrogens with zero attached hydrogens (tertiary/aromatic N) is 1. The van der Waals surface area contributed by atoms with E-state index in [1.54, 1.807) is 0 Å². The smallest absolute Gasteiger partial charge is 0.225 e. The molecule has 0 aromatic rings. The second-order valence-corrected chi connectivity index (χ2v) is 6.65. The van der Waals surface area contributed by atoms with Crippen LogP contribution in [0, 0.1) is 17.3 Å². The van der Waals surface area contributed by atoms with Crippen LogP contribution in [-0.2, 0) is 4.79 Å². The van der Waals surface area contributed by atoms with Crippen LogP contribution in [0.3, 0.4) is 0 Å². The van der Waals surface area contributed by atoms with Gasteiger partial charge in [0.25, 0.3) is 0 Å². The van der Waals surface area contributed by atoms with Crippen LogP contribution in [0.1, 0.15) is 52.4 Å². The second kappa shape index (κ2) is 5.60. The van der Waals surface area contributed by atoms with Gasteiger partial charge in [0.05, 0.1) is 0 Å². The molecule has 0 aromatic carbocycles. The third-order valence-electron chi connectivity index (χ3n) is 5.14. The molecule has 1 atom stereocenters. The van der Waals surface area contributed by atoms with E-state index >= 15 is 0 Å². The number of nitrogens with two attached hydrogens (primary N) is 1. The number of hydrogen-bond acceptors (Lipinski definition) is 2. The molecule has 1 unspecified atom stereocenters. The minimum atomic E-state index is 0.163. The lowest BCUT2D eigenvalue weighted by Crippen LogP contribution is -2.38. The fourth-order valence-corrected chi connectivity index (χ4v) is 3.45. The van der Waals surface area contributed by atoms with Gasteiger partial charge in [0.15, 0.2) is 0 Å².